The van der Waals surface area contributed by atoms with Gasteiger partial charge in [-0.1, -0.05) is 0 Å². The number of carbonyl (C=O) groups excluding carboxylic acids is 1. The van der Waals surface area contributed by atoms with Crippen molar-refractivity contribution >= 4 is 6.29 Å². The zero-order valence-corrected chi connectivity index (χ0v) is 8.34. The minimum absolute atomic E-state index is 0.0270. The van der Waals surface area contributed by atoms with E-state index in [1.807, 2.05) is 0 Å². The van der Waals surface area contributed by atoms with Crippen molar-refractivity contribution in [2.45, 2.75) is 19.8 Å². The molecule has 1 aromatic rings. The maximum atomic E-state index is 11.9. The van der Waals surface area contributed by atoms with Gasteiger partial charge in [-0.15, -0.1) is 13.2 Å². The van der Waals surface area contributed by atoms with Crippen LogP contribution >= 0.6 is 0 Å². The standard InChI is InChI=1S/C9H9F3N2O2/c1-5-2-8(16-9(10,11)12)14-7(4-15)6(5)3-13/h2,4H,3,13H2,1H3. The van der Waals surface area contributed by atoms with E-state index < -0.39 is 12.2 Å². The molecule has 16 heavy (non-hydrogen) atoms. The van der Waals surface area contributed by atoms with Crippen LogP contribution < -0.4 is 10.5 Å². The maximum Gasteiger partial charge on any atom is 0.574 e. The summed E-state index contributed by atoms with van der Waals surface area (Å²) in [6, 6.07) is 1.09. The largest absolute Gasteiger partial charge is 0.574 e. The van der Waals surface area contributed by atoms with Crippen molar-refractivity contribution < 1.29 is 22.7 Å². The minimum atomic E-state index is -4.83. The van der Waals surface area contributed by atoms with E-state index in [9.17, 15) is 18.0 Å². The van der Waals surface area contributed by atoms with Crippen LogP contribution in [0.15, 0.2) is 6.07 Å². The van der Waals surface area contributed by atoms with Crippen molar-refractivity contribution in [1.82, 2.24) is 4.98 Å². The SMILES string of the molecule is Cc1cc(OC(F)(F)F)nc(C=O)c1CN. The molecule has 0 aliphatic heterocycles. The molecule has 0 saturated heterocycles. The Morgan fingerprint density at radius 3 is 2.62 bits per heavy atom. The van der Waals surface area contributed by atoms with Gasteiger partial charge in [0, 0.05) is 12.6 Å². The number of carbonyl (C=O) groups is 1. The first-order chi connectivity index (χ1) is 7.37. The van der Waals surface area contributed by atoms with Crippen LogP contribution in [0.2, 0.25) is 0 Å². The van der Waals surface area contributed by atoms with Gasteiger partial charge in [0.2, 0.25) is 5.88 Å². The summed E-state index contributed by atoms with van der Waals surface area (Å²) < 4.78 is 39.4. The van der Waals surface area contributed by atoms with Crippen molar-refractivity contribution in [1.29, 1.82) is 0 Å². The third-order valence-corrected chi connectivity index (χ3v) is 1.89. The number of hydrogen-bond acceptors (Lipinski definition) is 4. The minimum Gasteiger partial charge on any atom is -0.388 e. The van der Waals surface area contributed by atoms with Crippen LogP contribution in [0.25, 0.3) is 0 Å². The first kappa shape index (κ1) is 12.4. The molecule has 0 fully saturated rings. The predicted octanol–water partition coefficient (Wildman–Crippen LogP) is 1.56. The summed E-state index contributed by atoms with van der Waals surface area (Å²) in [5, 5.41) is 0. The quantitative estimate of drug-likeness (QED) is 0.806. The number of alkyl halides is 3. The fourth-order valence-electron chi connectivity index (χ4n) is 1.23. The Morgan fingerprint density at radius 1 is 1.56 bits per heavy atom. The Kier molecular flexibility index (Phi) is 3.48. The van der Waals surface area contributed by atoms with Gasteiger partial charge >= 0.3 is 6.36 Å². The monoisotopic (exact) mass is 234 g/mol. The molecule has 1 rings (SSSR count). The van der Waals surface area contributed by atoms with Crippen LogP contribution in [0.1, 0.15) is 21.6 Å². The third kappa shape index (κ3) is 2.93. The Morgan fingerprint density at radius 2 is 2.19 bits per heavy atom. The molecule has 0 atom stereocenters. The molecule has 0 aliphatic rings. The highest BCUT2D eigenvalue weighted by molar-refractivity contribution is 5.75. The number of aldehydes is 1. The van der Waals surface area contributed by atoms with Crippen molar-refractivity contribution in [3.8, 4) is 5.88 Å². The van der Waals surface area contributed by atoms with Gasteiger partial charge in [0.25, 0.3) is 0 Å². The topological polar surface area (TPSA) is 65.2 Å². The summed E-state index contributed by atoms with van der Waals surface area (Å²) in [5.41, 5.74) is 6.04. The van der Waals surface area contributed by atoms with E-state index in [0.717, 1.165) is 6.07 Å². The molecule has 1 heterocycles. The molecule has 88 valence electrons. The predicted molar refractivity (Wildman–Crippen MR) is 48.9 cm³/mol. The number of rotatable bonds is 3. The van der Waals surface area contributed by atoms with E-state index in [2.05, 4.69) is 9.72 Å². The van der Waals surface area contributed by atoms with Crippen LogP contribution in [0.5, 0.6) is 5.88 Å². The molecule has 1 aromatic heterocycles. The molecular formula is C9H9F3N2O2. The van der Waals surface area contributed by atoms with Gasteiger partial charge in [0.15, 0.2) is 6.29 Å². The molecule has 0 saturated carbocycles. The summed E-state index contributed by atoms with van der Waals surface area (Å²) in [5.74, 6) is -0.663. The van der Waals surface area contributed by atoms with Crippen LogP contribution in [0.3, 0.4) is 0 Å². The van der Waals surface area contributed by atoms with E-state index in [1.54, 1.807) is 0 Å². The van der Waals surface area contributed by atoms with Crippen LogP contribution in [0.4, 0.5) is 13.2 Å². The Labute approximate surface area is 89.2 Å². The summed E-state index contributed by atoms with van der Waals surface area (Å²) in [6.07, 6.45) is -4.48. The van der Waals surface area contributed by atoms with Gasteiger partial charge in [-0.25, -0.2) is 4.98 Å². The number of ether oxygens (including phenoxy) is 1. The molecule has 0 bridgehead atoms. The van der Waals surface area contributed by atoms with Crippen LogP contribution in [-0.2, 0) is 6.54 Å². The first-order valence-electron chi connectivity index (χ1n) is 4.29. The molecule has 0 radical (unpaired) electrons. The van der Waals surface area contributed by atoms with Gasteiger partial charge < -0.3 is 10.5 Å². The number of aryl methyl sites for hydroxylation is 1. The lowest BCUT2D eigenvalue weighted by Crippen LogP contribution is -2.19. The van der Waals surface area contributed by atoms with Crippen LogP contribution in [0, 0.1) is 6.92 Å². The van der Waals surface area contributed by atoms with Crippen LogP contribution in [-0.4, -0.2) is 17.6 Å². The fourth-order valence-corrected chi connectivity index (χ4v) is 1.23. The Hall–Kier alpha value is -1.63. The summed E-state index contributed by atoms with van der Waals surface area (Å²) >= 11 is 0. The average molecular weight is 234 g/mol. The molecule has 4 nitrogen and oxygen atoms in total. The average Bonchev–Trinajstić information content (AvgIpc) is 2.14. The van der Waals surface area contributed by atoms with E-state index >= 15 is 0 Å². The lowest BCUT2D eigenvalue weighted by molar-refractivity contribution is -0.276. The Bertz CT molecular complexity index is 404. The molecule has 0 amide bonds. The second kappa shape index (κ2) is 4.48. The van der Waals surface area contributed by atoms with Gasteiger partial charge in [0.05, 0.1) is 0 Å². The molecular weight excluding hydrogens is 225 g/mol. The molecule has 7 heteroatoms. The highest BCUT2D eigenvalue weighted by atomic mass is 19.4. The van der Waals surface area contributed by atoms with E-state index in [4.69, 9.17) is 5.73 Å². The summed E-state index contributed by atoms with van der Waals surface area (Å²) in [4.78, 5) is 14.0. The normalized spacial score (nSPS) is 11.3. The zero-order chi connectivity index (χ0) is 12.3. The molecule has 0 unspecified atom stereocenters. The van der Waals surface area contributed by atoms with Gasteiger partial charge in [-0.2, -0.15) is 0 Å². The van der Waals surface area contributed by atoms with Gasteiger partial charge in [-0.3, -0.25) is 4.79 Å². The highest BCUT2D eigenvalue weighted by Crippen LogP contribution is 2.23. The number of aromatic nitrogens is 1. The van der Waals surface area contributed by atoms with E-state index in [0.29, 0.717) is 17.4 Å². The van der Waals surface area contributed by atoms with Crippen molar-refractivity contribution in [3.63, 3.8) is 0 Å². The fraction of sp³-hybridized carbons (Fsp3) is 0.333. The van der Waals surface area contributed by atoms with E-state index in [1.165, 1.54) is 6.92 Å². The van der Waals surface area contributed by atoms with Gasteiger partial charge in [0.1, 0.15) is 5.69 Å². The van der Waals surface area contributed by atoms with E-state index in [-0.39, 0.29) is 12.2 Å². The highest BCUT2D eigenvalue weighted by Gasteiger charge is 2.32. The second-order valence-electron chi connectivity index (χ2n) is 3.01. The number of halogens is 3. The second-order valence-corrected chi connectivity index (χ2v) is 3.01. The number of nitrogens with two attached hydrogens (primary N) is 1. The Balaban J connectivity index is 3.15. The summed E-state index contributed by atoms with van der Waals surface area (Å²) in [6.45, 7) is 1.55. The van der Waals surface area contributed by atoms with Crippen molar-refractivity contribution in [2.24, 2.45) is 5.73 Å². The number of nitrogens with zero attached hydrogens (tertiary/aromatic N) is 1. The maximum absolute atomic E-state index is 11.9. The van der Waals surface area contributed by atoms with Crippen molar-refractivity contribution in [2.75, 3.05) is 0 Å². The zero-order valence-electron chi connectivity index (χ0n) is 8.34. The molecule has 2 N–H and O–H groups in total. The smallest absolute Gasteiger partial charge is 0.388 e. The first-order valence-corrected chi connectivity index (χ1v) is 4.29. The molecule has 0 aromatic carbocycles. The molecule has 0 spiro atoms. The van der Waals surface area contributed by atoms with Crippen molar-refractivity contribution in [3.05, 3.63) is 22.9 Å². The number of hydrogen-bond donors (Lipinski definition) is 1. The third-order valence-electron chi connectivity index (χ3n) is 1.89. The van der Waals surface area contributed by atoms with Gasteiger partial charge in [-0.05, 0) is 18.1 Å². The molecule has 0 aliphatic carbocycles. The summed E-state index contributed by atoms with van der Waals surface area (Å²) in [7, 11) is 0. The number of pyridine rings is 1. The lowest BCUT2D eigenvalue weighted by atomic mass is 10.1. The lowest BCUT2D eigenvalue weighted by Gasteiger charge is -2.11.